The lowest BCUT2D eigenvalue weighted by molar-refractivity contribution is -0.233. The van der Waals surface area contributed by atoms with Gasteiger partial charge in [0.2, 0.25) is 0 Å². The molecule has 0 radical (unpaired) electrons. The first-order chi connectivity index (χ1) is 31.2. The number of hydrogen-bond donors (Lipinski definition) is 0. The van der Waals surface area contributed by atoms with Crippen molar-refractivity contribution in [3.8, 4) is 56.4 Å². The van der Waals surface area contributed by atoms with E-state index in [1.54, 1.807) is 11.1 Å². The number of allylic oxidation sites excluding steroid dienone is 4. The van der Waals surface area contributed by atoms with Crippen LogP contribution >= 0.6 is 0 Å². The molecule has 0 aliphatic heterocycles. The summed E-state index contributed by atoms with van der Waals surface area (Å²) >= 11 is 0. The predicted octanol–water partition coefficient (Wildman–Crippen LogP) is 13.0. The molecular weight excluding hydrogens is 767 g/mol. The molecule has 63 heavy (non-hydrogen) atoms. The topological polar surface area (TPSA) is 64.5 Å². The van der Waals surface area contributed by atoms with Gasteiger partial charge in [0.15, 0.2) is 17.5 Å². The molecule has 8 unspecified atom stereocenters. The highest BCUT2D eigenvalue weighted by molar-refractivity contribution is 5.80. The van der Waals surface area contributed by atoms with Crippen LogP contribution in [0.5, 0.6) is 0 Å². The SMILES string of the molecule is C1=CC2C(CC1)C1c3ccccc3C3(c4ccccn4)C4CC(c5ccc(-c6cc(-c7ccncc7)cc(-c7nc(-c8ccccc8)nc(-c8ccccc8)n7)c6)cc5)C=CC4C213. The van der Waals surface area contributed by atoms with Crippen molar-refractivity contribution in [1.29, 1.82) is 0 Å². The smallest absolute Gasteiger partial charge is 0.164 e. The molecule has 0 saturated heterocycles. The van der Waals surface area contributed by atoms with Gasteiger partial charge in [-0.25, -0.2) is 15.0 Å². The summed E-state index contributed by atoms with van der Waals surface area (Å²) in [6.45, 7) is 0. The van der Waals surface area contributed by atoms with Crippen LogP contribution in [0.3, 0.4) is 0 Å². The van der Waals surface area contributed by atoms with Gasteiger partial charge in [-0.3, -0.25) is 9.97 Å². The summed E-state index contributed by atoms with van der Waals surface area (Å²) in [7, 11) is 0. The van der Waals surface area contributed by atoms with E-state index in [-0.39, 0.29) is 10.8 Å². The molecule has 3 heterocycles. The molecule has 0 amide bonds. The highest BCUT2D eigenvalue weighted by Crippen LogP contribution is 2.89. The number of fused-ring (bicyclic) bond motifs is 7. The van der Waals surface area contributed by atoms with Crippen molar-refractivity contribution >= 4 is 0 Å². The van der Waals surface area contributed by atoms with E-state index in [9.17, 15) is 0 Å². The quantitative estimate of drug-likeness (QED) is 0.150. The monoisotopic (exact) mass is 811 g/mol. The third kappa shape index (κ3) is 5.26. The van der Waals surface area contributed by atoms with Gasteiger partial charge in [-0.15, -0.1) is 0 Å². The Kier molecular flexibility index (Phi) is 8.24. The van der Waals surface area contributed by atoms with E-state index in [0.717, 1.165) is 51.3 Å². The standard InChI is InChI=1S/C58H45N5/c1-3-13-40(14-4-1)54-61-55(41-15-5-2-6-16-41)63-56(62-54)45-34-43(33-44(35-45)39-28-31-59-32-29-39)38-24-22-37(23-25-38)42-26-27-50-51(36-42)57(52-21-11-12-30-60-52)48-19-9-7-17-46(48)53-47-18-8-10-20-49(47)58(50,53)57/h1-7,9-17,19-35,42,47,49-51,53H,8,18,36H2. The van der Waals surface area contributed by atoms with Gasteiger partial charge < -0.3 is 0 Å². The Bertz CT molecular complexity index is 3020. The van der Waals surface area contributed by atoms with Gasteiger partial charge >= 0.3 is 0 Å². The van der Waals surface area contributed by atoms with Gasteiger partial charge in [0.25, 0.3) is 0 Å². The van der Waals surface area contributed by atoms with Gasteiger partial charge in [-0.05, 0) is 130 Å². The first-order valence-electron chi connectivity index (χ1n) is 22.6. The van der Waals surface area contributed by atoms with Crippen molar-refractivity contribution in [2.24, 2.45) is 29.1 Å². The summed E-state index contributed by atoms with van der Waals surface area (Å²) in [5.74, 6) is 5.16. The second kappa shape index (κ2) is 14.2. The fraction of sp³-hybridized carbons (Fsp3) is 0.190. The third-order valence-electron chi connectivity index (χ3n) is 15.6. The first kappa shape index (κ1) is 36.5. The van der Waals surface area contributed by atoms with Crippen molar-refractivity contribution < 1.29 is 0 Å². The van der Waals surface area contributed by atoms with E-state index in [1.165, 1.54) is 24.1 Å². The minimum atomic E-state index is -0.0917. The van der Waals surface area contributed by atoms with Crippen LogP contribution in [0.1, 0.15) is 53.5 Å². The van der Waals surface area contributed by atoms with Crippen LogP contribution in [-0.2, 0) is 5.41 Å². The van der Waals surface area contributed by atoms with Crippen LogP contribution in [0.15, 0.2) is 201 Å². The van der Waals surface area contributed by atoms with Crippen LogP contribution in [0.4, 0.5) is 0 Å². The minimum Gasteiger partial charge on any atom is -0.265 e. The zero-order valence-corrected chi connectivity index (χ0v) is 34.9. The molecule has 8 atom stereocenters. The van der Waals surface area contributed by atoms with Crippen molar-refractivity contribution in [1.82, 2.24) is 24.9 Å². The Balaban J connectivity index is 0.888. The molecule has 2 fully saturated rings. The lowest BCUT2D eigenvalue weighted by Gasteiger charge is -2.78. The molecule has 0 bridgehead atoms. The Hall–Kier alpha value is -7.11. The van der Waals surface area contributed by atoms with Crippen LogP contribution in [0.25, 0.3) is 56.4 Å². The average molecular weight is 812 g/mol. The van der Waals surface area contributed by atoms with Crippen molar-refractivity contribution in [3.63, 3.8) is 0 Å². The largest absolute Gasteiger partial charge is 0.265 e. The van der Waals surface area contributed by atoms with Crippen LogP contribution < -0.4 is 0 Å². The zero-order valence-electron chi connectivity index (χ0n) is 34.9. The van der Waals surface area contributed by atoms with Crippen molar-refractivity contribution in [3.05, 3.63) is 223 Å². The molecular formula is C58H45N5. The fourth-order valence-electron chi connectivity index (χ4n) is 13.4. The molecule has 8 aromatic rings. The summed E-state index contributed by atoms with van der Waals surface area (Å²) in [4.78, 5) is 24.8. The molecule has 5 aromatic carbocycles. The van der Waals surface area contributed by atoms with Gasteiger partial charge in [0.05, 0.1) is 5.69 Å². The Morgan fingerprint density at radius 3 is 1.83 bits per heavy atom. The third-order valence-corrected chi connectivity index (χ3v) is 15.6. The maximum Gasteiger partial charge on any atom is 0.164 e. The van der Waals surface area contributed by atoms with E-state index in [2.05, 4.69) is 151 Å². The number of nitrogens with zero attached hydrogens (tertiary/aromatic N) is 5. The summed E-state index contributed by atoms with van der Waals surface area (Å²) in [5.41, 5.74) is 13.1. The number of pyridine rings is 2. The molecule has 5 nitrogen and oxygen atoms in total. The maximum atomic E-state index is 5.25. The van der Waals surface area contributed by atoms with Crippen LogP contribution in [0.2, 0.25) is 0 Å². The minimum absolute atomic E-state index is 0.0917. The van der Waals surface area contributed by atoms with Gasteiger partial charge in [-0.1, -0.05) is 140 Å². The highest BCUT2D eigenvalue weighted by Gasteiger charge is 2.86. The first-order valence-corrected chi connectivity index (χ1v) is 22.6. The van der Waals surface area contributed by atoms with E-state index in [4.69, 9.17) is 19.9 Å². The number of benzene rings is 5. The van der Waals surface area contributed by atoms with Gasteiger partial charge in [0, 0.05) is 52.0 Å². The second-order valence-corrected chi connectivity index (χ2v) is 18.3. The molecule has 1 spiro atoms. The van der Waals surface area contributed by atoms with E-state index < -0.39 is 0 Å². The average Bonchev–Trinajstić information content (AvgIpc) is 3.56. The fourth-order valence-corrected chi connectivity index (χ4v) is 13.4. The summed E-state index contributed by atoms with van der Waals surface area (Å²) in [6, 6.07) is 56.7. The molecule has 2 saturated carbocycles. The zero-order chi connectivity index (χ0) is 41.5. The predicted molar refractivity (Wildman–Crippen MR) is 250 cm³/mol. The number of rotatable bonds is 7. The molecule has 5 aliphatic carbocycles. The summed E-state index contributed by atoms with van der Waals surface area (Å²) < 4.78 is 0. The maximum absolute atomic E-state index is 5.25. The molecule has 302 valence electrons. The van der Waals surface area contributed by atoms with E-state index in [0.29, 0.717) is 47.1 Å². The normalized spacial score (nSPS) is 26.9. The molecule has 3 aromatic heterocycles. The second-order valence-electron chi connectivity index (χ2n) is 18.3. The molecule has 5 heteroatoms. The highest BCUT2D eigenvalue weighted by atomic mass is 15.0. The van der Waals surface area contributed by atoms with Gasteiger partial charge in [-0.2, -0.15) is 0 Å². The summed E-state index contributed by atoms with van der Waals surface area (Å²) in [5, 5.41) is 0. The molecule has 0 N–H and O–H groups in total. The number of aromatic nitrogens is 5. The number of hydrogen-bond acceptors (Lipinski definition) is 5. The van der Waals surface area contributed by atoms with Crippen LogP contribution in [-0.4, -0.2) is 24.9 Å². The van der Waals surface area contributed by atoms with E-state index in [1.807, 2.05) is 55.0 Å². The van der Waals surface area contributed by atoms with Crippen molar-refractivity contribution in [2.75, 3.05) is 0 Å². The van der Waals surface area contributed by atoms with Crippen molar-refractivity contribution in [2.45, 2.75) is 36.5 Å². The summed E-state index contributed by atoms with van der Waals surface area (Å²) in [6.07, 6.45) is 19.6. The Morgan fingerprint density at radius 1 is 0.492 bits per heavy atom. The lowest BCUT2D eigenvalue weighted by atomic mass is 9.23. The van der Waals surface area contributed by atoms with Crippen LogP contribution in [0, 0.1) is 29.1 Å². The van der Waals surface area contributed by atoms with Gasteiger partial charge in [0.1, 0.15) is 0 Å². The molecule has 13 rings (SSSR count). The lowest BCUT2D eigenvalue weighted by Crippen LogP contribution is -2.77. The Morgan fingerprint density at radius 2 is 1.13 bits per heavy atom. The molecule has 5 aliphatic rings. The Labute approximate surface area is 368 Å². The van der Waals surface area contributed by atoms with E-state index >= 15 is 0 Å².